The number of carbonyl (C=O) groups is 2. The Morgan fingerprint density at radius 1 is 1.33 bits per heavy atom. The molecule has 0 N–H and O–H groups in total. The second kappa shape index (κ2) is 5.22. The van der Waals surface area contributed by atoms with Crippen molar-refractivity contribution in [2.24, 2.45) is 5.92 Å². The average molecular weight is 310 g/mol. The molecular weight excluding hydrogens is 294 g/mol. The maximum absolute atomic E-state index is 12.0. The average Bonchev–Trinajstić information content (AvgIpc) is 2.60. The number of carbonyl (C=O) groups excluding carboxylic acids is 2. The van der Waals surface area contributed by atoms with Crippen LogP contribution >= 0.6 is 15.9 Å². The molecule has 1 unspecified atom stereocenters. The van der Waals surface area contributed by atoms with Gasteiger partial charge in [-0.05, 0) is 25.0 Å². The van der Waals surface area contributed by atoms with Crippen molar-refractivity contribution in [2.45, 2.75) is 20.3 Å². The van der Waals surface area contributed by atoms with Crippen LogP contribution in [0.15, 0.2) is 18.2 Å². The third-order valence-corrected chi connectivity index (χ3v) is 4.28. The van der Waals surface area contributed by atoms with Crippen molar-refractivity contribution in [3.05, 3.63) is 29.3 Å². The number of ketones is 1. The highest BCUT2D eigenvalue weighted by Crippen LogP contribution is 2.30. The van der Waals surface area contributed by atoms with E-state index in [-0.39, 0.29) is 5.78 Å². The van der Waals surface area contributed by atoms with E-state index in [0.717, 1.165) is 23.0 Å². The Bertz CT molecular complexity index is 495. The summed E-state index contributed by atoms with van der Waals surface area (Å²) in [4.78, 5) is 25.5. The van der Waals surface area contributed by atoms with E-state index >= 15 is 0 Å². The summed E-state index contributed by atoms with van der Waals surface area (Å²) >= 11 is 3.45. The Hall–Kier alpha value is -1.16. The molecule has 1 amide bonds. The lowest BCUT2D eigenvalue weighted by Gasteiger charge is -2.21. The molecule has 4 heteroatoms. The molecule has 0 fully saturated rings. The summed E-state index contributed by atoms with van der Waals surface area (Å²) in [6.45, 7) is 4.61. The molecule has 96 valence electrons. The van der Waals surface area contributed by atoms with E-state index in [9.17, 15) is 9.59 Å². The molecule has 18 heavy (non-hydrogen) atoms. The lowest BCUT2D eigenvalue weighted by atomic mass is 10.1. The molecule has 0 spiro atoms. The van der Waals surface area contributed by atoms with Gasteiger partial charge in [-0.1, -0.05) is 40.9 Å². The van der Waals surface area contributed by atoms with E-state index in [4.69, 9.17) is 0 Å². The fraction of sp³-hybridized carbons (Fsp3) is 0.429. The number of Topliss-reactive ketones (excluding diaryl/α,β-unsaturated/α-hetero) is 1. The zero-order valence-corrected chi connectivity index (χ0v) is 12.2. The van der Waals surface area contributed by atoms with Crippen molar-refractivity contribution in [1.29, 1.82) is 0 Å². The first-order valence-electron chi connectivity index (χ1n) is 6.11. The van der Waals surface area contributed by atoms with Gasteiger partial charge in [0.25, 0.3) is 11.7 Å². The molecule has 0 aliphatic carbocycles. The second-order valence-electron chi connectivity index (χ2n) is 4.69. The summed E-state index contributed by atoms with van der Waals surface area (Å²) in [6, 6.07) is 5.60. The van der Waals surface area contributed by atoms with Crippen LogP contribution in [0.2, 0.25) is 0 Å². The van der Waals surface area contributed by atoms with E-state index in [0.29, 0.717) is 18.0 Å². The Morgan fingerprint density at radius 2 is 2.06 bits per heavy atom. The minimum atomic E-state index is -0.394. The zero-order valence-electron chi connectivity index (χ0n) is 10.6. The van der Waals surface area contributed by atoms with Crippen LogP contribution in [0.4, 0.5) is 5.69 Å². The highest BCUT2D eigenvalue weighted by Gasteiger charge is 2.36. The molecule has 0 saturated carbocycles. The van der Waals surface area contributed by atoms with Crippen LogP contribution in [0.25, 0.3) is 0 Å². The first-order valence-corrected chi connectivity index (χ1v) is 7.23. The molecule has 0 saturated heterocycles. The fourth-order valence-corrected chi connectivity index (χ4v) is 2.80. The molecule has 1 aromatic rings. The summed E-state index contributed by atoms with van der Waals surface area (Å²) < 4.78 is 0. The standard InChI is InChI=1S/C14H16BrNO2/c1-3-10(7-15)8-16-12-5-4-9(2)6-11(12)13(17)14(16)18/h4-6,10H,3,7-8H2,1-2H3. The number of halogens is 1. The first-order chi connectivity index (χ1) is 8.58. The summed E-state index contributed by atoms with van der Waals surface area (Å²) in [5, 5.41) is 0.836. The number of anilines is 1. The van der Waals surface area contributed by atoms with Crippen LogP contribution in [-0.4, -0.2) is 23.6 Å². The van der Waals surface area contributed by atoms with Crippen molar-refractivity contribution in [3.63, 3.8) is 0 Å². The van der Waals surface area contributed by atoms with Gasteiger partial charge in [-0.25, -0.2) is 0 Å². The third-order valence-electron chi connectivity index (χ3n) is 3.36. The van der Waals surface area contributed by atoms with Gasteiger partial charge in [-0.3, -0.25) is 9.59 Å². The molecule has 1 heterocycles. The SMILES string of the molecule is CCC(CBr)CN1C(=O)C(=O)c2cc(C)ccc21. The van der Waals surface area contributed by atoms with Crippen molar-refractivity contribution in [1.82, 2.24) is 0 Å². The van der Waals surface area contributed by atoms with E-state index in [2.05, 4.69) is 22.9 Å². The molecule has 1 aliphatic rings. The van der Waals surface area contributed by atoms with Gasteiger partial charge >= 0.3 is 0 Å². The molecule has 0 aromatic heterocycles. The van der Waals surface area contributed by atoms with Gasteiger partial charge in [0.05, 0.1) is 11.3 Å². The monoisotopic (exact) mass is 309 g/mol. The highest BCUT2D eigenvalue weighted by atomic mass is 79.9. The van der Waals surface area contributed by atoms with Crippen molar-refractivity contribution in [2.75, 3.05) is 16.8 Å². The first kappa shape index (κ1) is 13.3. The number of hydrogen-bond acceptors (Lipinski definition) is 2. The van der Waals surface area contributed by atoms with Crippen molar-refractivity contribution >= 4 is 33.3 Å². The van der Waals surface area contributed by atoms with Gasteiger partial charge in [0.15, 0.2) is 0 Å². The van der Waals surface area contributed by atoms with Crippen LogP contribution in [0, 0.1) is 12.8 Å². The Kier molecular flexibility index (Phi) is 3.85. The Labute approximate surface area is 115 Å². The Balaban J connectivity index is 2.34. The normalized spacial score (nSPS) is 16.1. The summed E-state index contributed by atoms with van der Waals surface area (Å²) in [5.41, 5.74) is 2.31. The van der Waals surface area contributed by atoms with Crippen LogP contribution in [0.1, 0.15) is 29.3 Å². The number of hydrogen-bond donors (Lipinski definition) is 0. The van der Waals surface area contributed by atoms with E-state index in [1.165, 1.54) is 0 Å². The predicted octanol–water partition coefficient (Wildman–Crippen LogP) is 2.95. The van der Waals surface area contributed by atoms with Crippen LogP contribution in [-0.2, 0) is 4.79 Å². The zero-order chi connectivity index (χ0) is 13.3. The van der Waals surface area contributed by atoms with Gasteiger partial charge in [0.2, 0.25) is 0 Å². The highest BCUT2D eigenvalue weighted by molar-refractivity contribution is 9.09. The molecular formula is C14H16BrNO2. The molecule has 1 aromatic carbocycles. The van der Waals surface area contributed by atoms with E-state index in [1.807, 2.05) is 19.1 Å². The topological polar surface area (TPSA) is 37.4 Å². The summed E-state index contributed by atoms with van der Waals surface area (Å²) in [5.74, 6) is -0.401. The smallest absolute Gasteiger partial charge is 0.299 e. The Morgan fingerprint density at radius 3 is 2.67 bits per heavy atom. The van der Waals surface area contributed by atoms with Crippen LogP contribution < -0.4 is 4.90 Å². The molecule has 3 nitrogen and oxygen atoms in total. The van der Waals surface area contributed by atoms with Gasteiger partial charge in [-0.2, -0.15) is 0 Å². The largest absolute Gasteiger partial charge is 0.304 e. The van der Waals surface area contributed by atoms with Gasteiger partial charge in [-0.15, -0.1) is 0 Å². The molecule has 1 atom stereocenters. The number of amides is 1. The third kappa shape index (κ3) is 2.21. The van der Waals surface area contributed by atoms with Crippen molar-refractivity contribution in [3.8, 4) is 0 Å². The molecule has 2 rings (SSSR count). The van der Waals surface area contributed by atoms with Crippen LogP contribution in [0.3, 0.4) is 0 Å². The van der Waals surface area contributed by atoms with Gasteiger partial charge in [0, 0.05) is 11.9 Å². The van der Waals surface area contributed by atoms with Gasteiger partial charge in [0.1, 0.15) is 0 Å². The van der Waals surface area contributed by atoms with Crippen LogP contribution in [0.5, 0.6) is 0 Å². The summed E-state index contributed by atoms with van der Waals surface area (Å²) in [6.07, 6.45) is 0.977. The maximum Gasteiger partial charge on any atom is 0.299 e. The number of fused-ring (bicyclic) bond motifs is 1. The lowest BCUT2D eigenvalue weighted by Crippen LogP contribution is -2.34. The number of alkyl halides is 1. The number of benzene rings is 1. The van der Waals surface area contributed by atoms with Crippen molar-refractivity contribution < 1.29 is 9.59 Å². The number of nitrogens with zero attached hydrogens (tertiary/aromatic N) is 1. The minimum absolute atomic E-state index is 0.369. The van der Waals surface area contributed by atoms with E-state index in [1.54, 1.807) is 11.0 Å². The maximum atomic E-state index is 12.0. The quantitative estimate of drug-likeness (QED) is 0.633. The van der Waals surface area contributed by atoms with Gasteiger partial charge < -0.3 is 4.90 Å². The van der Waals surface area contributed by atoms with E-state index < -0.39 is 5.91 Å². The molecule has 0 radical (unpaired) electrons. The fourth-order valence-electron chi connectivity index (χ4n) is 2.14. The summed E-state index contributed by atoms with van der Waals surface area (Å²) in [7, 11) is 0. The minimum Gasteiger partial charge on any atom is -0.304 e. The molecule has 1 aliphatic heterocycles. The molecule has 0 bridgehead atoms. The number of rotatable bonds is 4. The predicted molar refractivity (Wildman–Crippen MR) is 75.4 cm³/mol. The lowest BCUT2D eigenvalue weighted by molar-refractivity contribution is -0.114. The second-order valence-corrected chi connectivity index (χ2v) is 5.34. The number of aryl methyl sites for hydroxylation is 1.